The van der Waals surface area contributed by atoms with Crippen LogP contribution in [-0.4, -0.2) is 38.1 Å². The summed E-state index contributed by atoms with van der Waals surface area (Å²) in [6, 6.07) is 14.2. The third kappa shape index (κ3) is 10.9. The summed E-state index contributed by atoms with van der Waals surface area (Å²) in [7, 11) is 1.64. The Bertz CT molecular complexity index is 951. The summed E-state index contributed by atoms with van der Waals surface area (Å²) in [5.74, 6) is 0.102. The van der Waals surface area contributed by atoms with E-state index in [2.05, 4.69) is 45.1 Å². The molecule has 0 heterocycles. The van der Waals surface area contributed by atoms with Gasteiger partial charge in [0, 0.05) is 19.2 Å². The largest absolute Gasteiger partial charge is 0.389 e. The maximum atomic E-state index is 13.3. The number of rotatable bonds is 16. The lowest BCUT2D eigenvalue weighted by atomic mass is 9.84. The third-order valence-electron chi connectivity index (χ3n) is 6.49. The van der Waals surface area contributed by atoms with Gasteiger partial charge in [-0.2, -0.15) is 0 Å². The van der Waals surface area contributed by atoms with E-state index < -0.39 is 6.10 Å². The molecule has 2 unspecified atom stereocenters. The summed E-state index contributed by atoms with van der Waals surface area (Å²) >= 11 is 0. The van der Waals surface area contributed by atoms with Crippen LogP contribution in [0.25, 0.3) is 0 Å². The molecular formula is C31H47NO5. The highest BCUT2D eigenvalue weighted by atomic mass is 16.7. The van der Waals surface area contributed by atoms with Crippen molar-refractivity contribution in [3.63, 3.8) is 0 Å². The molecule has 206 valence electrons. The van der Waals surface area contributed by atoms with Crippen LogP contribution in [0.2, 0.25) is 0 Å². The molecule has 0 spiro atoms. The average molecular weight is 514 g/mol. The molecule has 0 aliphatic heterocycles. The van der Waals surface area contributed by atoms with Crippen LogP contribution < -0.4 is 5.32 Å². The third-order valence-corrected chi connectivity index (χ3v) is 6.49. The molecule has 0 saturated carbocycles. The number of unbranched alkanes of at least 4 members (excludes halogenated alkanes) is 2. The maximum Gasteiger partial charge on any atom is 0.224 e. The molecule has 2 aromatic carbocycles. The summed E-state index contributed by atoms with van der Waals surface area (Å²) < 4.78 is 16.0. The van der Waals surface area contributed by atoms with Crippen LogP contribution in [0, 0.1) is 0 Å². The number of ether oxygens (including phenoxy) is 3. The first-order chi connectivity index (χ1) is 17.7. The molecule has 0 bridgehead atoms. The van der Waals surface area contributed by atoms with Gasteiger partial charge in [0.25, 0.3) is 0 Å². The highest BCUT2D eigenvalue weighted by Crippen LogP contribution is 2.33. The Kier molecular flexibility index (Phi) is 13.3. The van der Waals surface area contributed by atoms with Crippen molar-refractivity contribution in [1.29, 1.82) is 0 Å². The quantitative estimate of drug-likeness (QED) is 0.189. The first kappa shape index (κ1) is 31.0. The molecule has 2 rings (SSSR count). The van der Waals surface area contributed by atoms with E-state index in [-0.39, 0.29) is 24.0 Å². The molecule has 2 atom stereocenters. The van der Waals surface area contributed by atoms with Crippen molar-refractivity contribution in [3.8, 4) is 0 Å². The fourth-order valence-electron chi connectivity index (χ4n) is 4.39. The highest BCUT2D eigenvalue weighted by molar-refractivity contribution is 5.92. The predicted octanol–water partition coefficient (Wildman–Crippen LogP) is 6.87. The van der Waals surface area contributed by atoms with Gasteiger partial charge in [-0.25, -0.2) is 0 Å². The van der Waals surface area contributed by atoms with E-state index in [9.17, 15) is 9.90 Å². The number of aliphatic hydroxyl groups excluding tert-OH is 1. The number of anilines is 1. The number of carbonyl (C=O) groups is 1. The molecule has 2 N–H and O–H groups in total. The van der Waals surface area contributed by atoms with Crippen molar-refractivity contribution in [3.05, 3.63) is 64.7 Å². The van der Waals surface area contributed by atoms with Crippen molar-refractivity contribution in [2.75, 3.05) is 32.4 Å². The second-order valence-corrected chi connectivity index (χ2v) is 10.8. The van der Waals surface area contributed by atoms with E-state index in [1.807, 2.05) is 30.3 Å². The van der Waals surface area contributed by atoms with E-state index >= 15 is 0 Å². The Balaban J connectivity index is 2.15. The fraction of sp³-hybridized carbons (Fsp3) is 0.581. The lowest BCUT2D eigenvalue weighted by Crippen LogP contribution is -2.21. The molecule has 1 amide bonds. The molecular weight excluding hydrogens is 466 g/mol. The minimum atomic E-state index is -0.596. The zero-order valence-electron chi connectivity index (χ0n) is 23.6. The van der Waals surface area contributed by atoms with Gasteiger partial charge in [-0.05, 0) is 53.0 Å². The molecule has 0 saturated heterocycles. The van der Waals surface area contributed by atoms with Gasteiger partial charge >= 0.3 is 0 Å². The van der Waals surface area contributed by atoms with Crippen LogP contribution in [0.1, 0.15) is 101 Å². The number of methoxy groups -OCH3 is 1. The Labute approximate surface area is 223 Å². The van der Waals surface area contributed by atoms with Crippen LogP contribution in [0.5, 0.6) is 0 Å². The maximum absolute atomic E-state index is 13.3. The van der Waals surface area contributed by atoms with Gasteiger partial charge in [0.1, 0.15) is 6.79 Å². The molecule has 0 fully saturated rings. The van der Waals surface area contributed by atoms with Gasteiger partial charge in [0.05, 0.1) is 25.9 Å². The number of carbonyl (C=O) groups excluding carboxylic acids is 1. The smallest absolute Gasteiger partial charge is 0.224 e. The second-order valence-electron chi connectivity index (χ2n) is 10.8. The van der Waals surface area contributed by atoms with Crippen molar-refractivity contribution < 1.29 is 24.1 Å². The number of aliphatic hydroxyl groups is 1. The van der Waals surface area contributed by atoms with Gasteiger partial charge < -0.3 is 24.6 Å². The van der Waals surface area contributed by atoms with Crippen LogP contribution >= 0.6 is 0 Å². The van der Waals surface area contributed by atoms with Gasteiger partial charge in [-0.3, -0.25) is 4.79 Å². The highest BCUT2D eigenvalue weighted by Gasteiger charge is 2.22. The Hall–Kier alpha value is -2.25. The molecule has 6 nitrogen and oxygen atoms in total. The molecule has 37 heavy (non-hydrogen) atoms. The number of benzene rings is 2. The van der Waals surface area contributed by atoms with Crippen LogP contribution in [0.4, 0.5) is 5.69 Å². The first-order valence-corrected chi connectivity index (χ1v) is 13.5. The summed E-state index contributed by atoms with van der Waals surface area (Å²) in [4.78, 5) is 13.3. The van der Waals surface area contributed by atoms with E-state index in [0.717, 1.165) is 53.6 Å². The summed E-state index contributed by atoms with van der Waals surface area (Å²) in [6.45, 7) is 12.0. The normalized spacial score (nSPS) is 13.4. The van der Waals surface area contributed by atoms with Gasteiger partial charge in [0.2, 0.25) is 5.91 Å². The van der Waals surface area contributed by atoms with Crippen molar-refractivity contribution in [1.82, 2.24) is 0 Å². The molecule has 0 radical (unpaired) electrons. The van der Waals surface area contributed by atoms with Crippen LogP contribution in [0.15, 0.2) is 42.5 Å². The number of hydrogen-bond donors (Lipinski definition) is 2. The van der Waals surface area contributed by atoms with Gasteiger partial charge in [-0.15, -0.1) is 0 Å². The minimum Gasteiger partial charge on any atom is -0.389 e. The molecule has 0 aromatic heterocycles. The fourth-order valence-corrected chi connectivity index (χ4v) is 4.39. The summed E-state index contributed by atoms with van der Waals surface area (Å²) in [5, 5.41) is 13.3. The summed E-state index contributed by atoms with van der Waals surface area (Å²) in [5.41, 5.74) is 4.71. The standard InChI is InChI=1S/C31H47NO5/c1-7-8-9-12-27(26-13-10-11-24(18-26)21-37-22-36-17-16-35-6)20-30(34)32-29-19-25(23(2)33)14-15-28(29)31(3,4)5/h10-11,13-15,18-19,23,27,33H,7-9,12,16-17,20-22H2,1-6H3,(H,32,34). The Morgan fingerprint density at radius 2 is 1.81 bits per heavy atom. The number of amides is 1. The predicted molar refractivity (Wildman–Crippen MR) is 150 cm³/mol. The molecule has 2 aromatic rings. The zero-order chi connectivity index (χ0) is 27.3. The van der Waals surface area contributed by atoms with Crippen LogP contribution in [0.3, 0.4) is 0 Å². The SMILES string of the molecule is CCCCCC(CC(=O)Nc1cc(C(C)O)ccc1C(C)(C)C)c1cccc(COCOCCOC)c1. The lowest BCUT2D eigenvalue weighted by molar-refractivity contribution is -0.116. The van der Waals surface area contributed by atoms with E-state index in [4.69, 9.17) is 14.2 Å². The minimum absolute atomic E-state index is 0.0112. The van der Waals surface area contributed by atoms with E-state index in [1.54, 1.807) is 14.0 Å². The molecule has 0 aliphatic carbocycles. The number of hydrogen-bond acceptors (Lipinski definition) is 5. The number of nitrogens with one attached hydrogen (secondary N) is 1. The van der Waals surface area contributed by atoms with Gasteiger partial charge in [-0.1, -0.05) is 83.4 Å². The Morgan fingerprint density at radius 1 is 1.03 bits per heavy atom. The van der Waals surface area contributed by atoms with Crippen molar-refractivity contribution in [2.24, 2.45) is 0 Å². The summed E-state index contributed by atoms with van der Waals surface area (Å²) in [6.07, 6.45) is 4.11. The molecule has 6 heteroatoms. The van der Waals surface area contributed by atoms with Crippen molar-refractivity contribution >= 4 is 11.6 Å². The average Bonchev–Trinajstić information content (AvgIpc) is 2.85. The van der Waals surface area contributed by atoms with E-state index in [1.165, 1.54) is 0 Å². The lowest BCUT2D eigenvalue weighted by Gasteiger charge is -2.25. The Morgan fingerprint density at radius 3 is 2.49 bits per heavy atom. The van der Waals surface area contributed by atoms with Crippen LogP contribution in [-0.2, 0) is 31.0 Å². The first-order valence-electron chi connectivity index (χ1n) is 13.5. The topological polar surface area (TPSA) is 77.0 Å². The van der Waals surface area contributed by atoms with Crippen molar-refractivity contribution in [2.45, 2.75) is 90.8 Å². The van der Waals surface area contributed by atoms with E-state index in [0.29, 0.717) is 26.2 Å². The zero-order valence-corrected chi connectivity index (χ0v) is 23.6. The molecule has 0 aliphatic rings. The second kappa shape index (κ2) is 15.9. The van der Waals surface area contributed by atoms with Gasteiger partial charge in [0.15, 0.2) is 0 Å². The monoisotopic (exact) mass is 513 g/mol.